The molecule has 1 saturated heterocycles. The molecule has 8 heteroatoms. The molecule has 1 aliphatic rings. The largest absolute Gasteiger partial charge is 0.463 e. The Labute approximate surface area is 235 Å². The van der Waals surface area contributed by atoms with E-state index in [0.29, 0.717) is 19.8 Å². The van der Waals surface area contributed by atoms with Gasteiger partial charge in [0.2, 0.25) is 0 Å². The van der Waals surface area contributed by atoms with Crippen LogP contribution in [0, 0.1) is 0 Å². The summed E-state index contributed by atoms with van der Waals surface area (Å²) in [7, 11) is 1.56. The molecule has 3 aromatic carbocycles. The standard InChI is InChI=1S/C32H37NO7/c1-3-36-27(34)19-20-33-28-29(37-21-24-13-7-4-8-14-24)30(38-22-25-15-9-5-10-16-25)32(40-31(28)35-2)39-23-26-17-11-6-12-18-26/h4-20,28-33H,3,21-23H2,1-2H3/b20-19-/t28-,29-,30+,31+,32+/m1/s1. The number of methoxy groups -OCH3 is 1. The Kier molecular flexibility index (Phi) is 11.7. The fourth-order valence-corrected chi connectivity index (χ4v) is 4.39. The Balaban J connectivity index is 1.60. The van der Waals surface area contributed by atoms with Gasteiger partial charge in [-0.1, -0.05) is 91.0 Å². The first kappa shape index (κ1) is 29.5. The van der Waals surface area contributed by atoms with Crippen LogP contribution in [0.25, 0.3) is 0 Å². The number of rotatable bonds is 14. The molecule has 1 N–H and O–H groups in total. The predicted molar refractivity (Wildman–Crippen MR) is 150 cm³/mol. The molecule has 3 aromatic rings. The summed E-state index contributed by atoms with van der Waals surface area (Å²) in [5.41, 5.74) is 3.01. The van der Waals surface area contributed by atoms with Gasteiger partial charge in [0, 0.05) is 19.4 Å². The summed E-state index contributed by atoms with van der Waals surface area (Å²) < 4.78 is 36.3. The lowest BCUT2D eigenvalue weighted by Crippen LogP contribution is -2.64. The Bertz CT molecular complexity index is 1160. The van der Waals surface area contributed by atoms with Gasteiger partial charge in [-0.05, 0) is 23.6 Å². The highest BCUT2D eigenvalue weighted by molar-refractivity contribution is 5.81. The molecule has 0 aliphatic carbocycles. The summed E-state index contributed by atoms with van der Waals surface area (Å²) in [6.07, 6.45) is 0.0907. The molecule has 1 fully saturated rings. The number of carbonyl (C=O) groups is 1. The van der Waals surface area contributed by atoms with Crippen molar-refractivity contribution < 1.29 is 33.2 Å². The number of hydrogen-bond donors (Lipinski definition) is 1. The molecule has 1 heterocycles. The van der Waals surface area contributed by atoms with Crippen LogP contribution in [0.1, 0.15) is 23.6 Å². The van der Waals surface area contributed by atoms with E-state index >= 15 is 0 Å². The van der Waals surface area contributed by atoms with Gasteiger partial charge in [-0.2, -0.15) is 0 Å². The zero-order chi connectivity index (χ0) is 28.0. The van der Waals surface area contributed by atoms with Crippen molar-refractivity contribution in [3.05, 3.63) is 120 Å². The van der Waals surface area contributed by atoms with Gasteiger partial charge in [-0.3, -0.25) is 0 Å². The number of ether oxygens (including phenoxy) is 6. The second-order valence-electron chi connectivity index (χ2n) is 9.21. The average Bonchev–Trinajstić information content (AvgIpc) is 3.00. The third-order valence-corrected chi connectivity index (χ3v) is 6.36. The van der Waals surface area contributed by atoms with Crippen molar-refractivity contribution in [3.8, 4) is 0 Å². The van der Waals surface area contributed by atoms with E-state index in [-0.39, 0.29) is 6.61 Å². The summed E-state index contributed by atoms with van der Waals surface area (Å²) >= 11 is 0. The molecule has 8 nitrogen and oxygen atoms in total. The molecule has 0 spiro atoms. The highest BCUT2D eigenvalue weighted by Crippen LogP contribution is 2.29. The fraction of sp³-hybridized carbons (Fsp3) is 0.344. The first-order valence-electron chi connectivity index (χ1n) is 13.4. The Morgan fingerprint density at radius 1 is 0.750 bits per heavy atom. The number of nitrogens with one attached hydrogen (secondary N) is 1. The first-order chi connectivity index (χ1) is 19.7. The van der Waals surface area contributed by atoms with Crippen LogP contribution in [0.5, 0.6) is 0 Å². The predicted octanol–water partition coefficient (Wildman–Crippen LogP) is 4.74. The molecular weight excluding hydrogens is 510 g/mol. The number of carbonyl (C=O) groups excluding carboxylic acids is 1. The van der Waals surface area contributed by atoms with E-state index in [9.17, 15) is 4.79 Å². The zero-order valence-corrected chi connectivity index (χ0v) is 22.9. The van der Waals surface area contributed by atoms with Crippen molar-refractivity contribution in [3.63, 3.8) is 0 Å². The van der Waals surface area contributed by atoms with E-state index in [1.165, 1.54) is 12.3 Å². The maximum atomic E-state index is 11.9. The Hall–Kier alpha value is -3.53. The number of hydrogen-bond acceptors (Lipinski definition) is 8. The smallest absolute Gasteiger partial charge is 0.332 e. The van der Waals surface area contributed by atoms with E-state index in [0.717, 1.165) is 16.7 Å². The quantitative estimate of drug-likeness (QED) is 0.229. The molecule has 5 atom stereocenters. The SMILES string of the molecule is CCOC(=O)/C=C\N[C@H]1[C@@H](OC)O[C@H](OCc2ccccc2)[C@@H](OCc2ccccc2)[C@@H]1OCc1ccccc1. The average molecular weight is 548 g/mol. The molecule has 0 bridgehead atoms. The highest BCUT2D eigenvalue weighted by Gasteiger charge is 2.48. The maximum Gasteiger partial charge on any atom is 0.332 e. The van der Waals surface area contributed by atoms with Crippen LogP contribution in [-0.4, -0.2) is 50.5 Å². The molecule has 0 aromatic heterocycles. The van der Waals surface area contributed by atoms with Gasteiger partial charge in [-0.25, -0.2) is 4.79 Å². The number of benzene rings is 3. The van der Waals surface area contributed by atoms with E-state index in [1.54, 1.807) is 14.0 Å². The van der Waals surface area contributed by atoms with E-state index in [1.807, 2.05) is 91.0 Å². The monoisotopic (exact) mass is 547 g/mol. The van der Waals surface area contributed by atoms with Crippen LogP contribution in [0.15, 0.2) is 103 Å². The Morgan fingerprint density at radius 2 is 1.25 bits per heavy atom. The minimum atomic E-state index is -0.790. The zero-order valence-electron chi connectivity index (χ0n) is 22.9. The van der Waals surface area contributed by atoms with Crippen LogP contribution in [0.2, 0.25) is 0 Å². The van der Waals surface area contributed by atoms with Crippen LogP contribution >= 0.6 is 0 Å². The minimum absolute atomic E-state index is 0.287. The Morgan fingerprint density at radius 3 is 1.75 bits per heavy atom. The van der Waals surface area contributed by atoms with Gasteiger partial charge in [0.25, 0.3) is 0 Å². The molecule has 4 rings (SSSR count). The van der Waals surface area contributed by atoms with Crippen molar-refractivity contribution in [1.82, 2.24) is 5.32 Å². The fourth-order valence-electron chi connectivity index (χ4n) is 4.39. The third kappa shape index (κ3) is 8.74. The molecule has 0 unspecified atom stereocenters. The molecular formula is C32H37NO7. The molecule has 212 valence electrons. The van der Waals surface area contributed by atoms with Crippen LogP contribution in [-0.2, 0) is 53.0 Å². The summed E-state index contributed by atoms with van der Waals surface area (Å²) in [5.74, 6) is -0.455. The normalized spacial score (nSPS) is 22.7. The van der Waals surface area contributed by atoms with Crippen LogP contribution in [0.3, 0.4) is 0 Å². The van der Waals surface area contributed by atoms with E-state index < -0.39 is 36.8 Å². The second kappa shape index (κ2) is 15.9. The van der Waals surface area contributed by atoms with Crippen molar-refractivity contribution in [2.24, 2.45) is 0 Å². The van der Waals surface area contributed by atoms with Gasteiger partial charge in [0.15, 0.2) is 12.6 Å². The van der Waals surface area contributed by atoms with Crippen LogP contribution < -0.4 is 5.32 Å². The molecule has 0 radical (unpaired) electrons. The lowest BCUT2D eigenvalue weighted by molar-refractivity contribution is -0.339. The minimum Gasteiger partial charge on any atom is -0.463 e. The van der Waals surface area contributed by atoms with Gasteiger partial charge >= 0.3 is 5.97 Å². The lowest BCUT2D eigenvalue weighted by atomic mass is 10.00. The highest BCUT2D eigenvalue weighted by atomic mass is 16.8. The van der Waals surface area contributed by atoms with Gasteiger partial charge in [-0.15, -0.1) is 0 Å². The van der Waals surface area contributed by atoms with Crippen LogP contribution in [0.4, 0.5) is 0 Å². The lowest BCUT2D eigenvalue weighted by Gasteiger charge is -2.45. The maximum absolute atomic E-state index is 11.9. The molecule has 1 aliphatic heterocycles. The number of esters is 1. The summed E-state index contributed by atoms with van der Waals surface area (Å²) in [6, 6.07) is 29.1. The van der Waals surface area contributed by atoms with E-state index in [2.05, 4.69) is 5.32 Å². The van der Waals surface area contributed by atoms with Gasteiger partial charge < -0.3 is 33.7 Å². The summed E-state index contributed by atoms with van der Waals surface area (Å²) in [4.78, 5) is 11.9. The van der Waals surface area contributed by atoms with E-state index in [4.69, 9.17) is 28.4 Å². The molecule has 0 saturated carbocycles. The topological polar surface area (TPSA) is 84.5 Å². The third-order valence-electron chi connectivity index (χ3n) is 6.36. The first-order valence-corrected chi connectivity index (χ1v) is 13.4. The summed E-state index contributed by atoms with van der Waals surface area (Å²) in [5, 5.41) is 3.23. The summed E-state index contributed by atoms with van der Waals surface area (Å²) in [6.45, 7) is 3.02. The second-order valence-corrected chi connectivity index (χ2v) is 9.21. The van der Waals surface area contributed by atoms with Crippen molar-refractivity contribution in [1.29, 1.82) is 0 Å². The molecule has 0 amide bonds. The van der Waals surface area contributed by atoms with Gasteiger partial charge in [0.1, 0.15) is 18.2 Å². The molecule has 40 heavy (non-hydrogen) atoms. The van der Waals surface area contributed by atoms with Gasteiger partial charge in [0.05, 0.1) is 26.4 Å². The van der Waals surface area contributed by atoms with Crippen molar-refractivity contribution in [2.45, 2.75) is 57.6 Å². The van der Waals surface area contributed by atoms with Crippen molar-refractivity contribution >= 4 is 5.97 Å². The van der Waals surface area contributed by atoms with Crippen molar-refractivity contribution in [2.75, 3.05) is 13.7 Å².